The number of fused-ring (bicyclic) bond motifs is 1. The van der Waals surface area contributed by atoms with Gasteiger partial charge in [-0.1, -0.05) is 6.07 Å². The molecule has 0 amide bonds. The van der Waals surface area contributed by atoms with Crippen LogP contribution in [0.2, 0.25) is 0 Å². The van der Waals surface area contributed by atoms with E-state index < -0.39 is 0 Å². The SMILES string of the molecule is Nc1cccc(-n2c(=O)c(CCC(=O)c3cc[nH]c(=O)c3)cc3cccnc32)c1. The van der Waals surface area contributed by atoms with Crippen LogP contribution >= 0.6 is 0 Å². The van der Waals surface area contributed by atoms with Crippen LogP contribution in [-0.2, 0) is 6.42 Å². The van der Waals surface area contributed by atoms with Crippen LogP contribution in [-0.4, -0.2) is 20.3 Å². The van der Waals surface area contributed by atoms with E-state index in [0.29, 0.717) is 28.1 Å². The van der Waals surface area contributed by atoms with Gasteiger partial charge in [0.25, 0.3) is 5.56 Å². The van der Waals surface area contributed by atoms with Crippen molar-refractivity contribution in [2.45, 2.75) is 12.8 Å². The van der Waals surface area contributed by atoms with E-state index in [-0.39, 0.29) is 29.7 Å². The lowest BCUT2D eigenvalue weighted by Gasteiger charge is -2.12. The molecule has 0 atom stereocenters. The van der Waals surface area contributed by atoms with Crippen LogP contribution in [0.25, 0.3) is 16.7 Å². The molecule has 0 unspecified atom stereocenters. The van der Waals surface area contributed by atoms with Gasteiger partial charge in [-0.15, -0.1) is 0 Å². The van der Waals surface area contributed by atoms with Crippen LogP contribution in [0.3, 0.4) is 0 Å². The van der Waals surface area contributed by atoms with E-state index >= 15 is 0 Å². The number of nitrogen functional groups attached to an aromatic ring is 1. The number of ketones is 1. The lowest BCUT2D eigenvalue weighted by Crippen LogP contribution is -2.24. The molecule has 0 aliphatic rings. The Morgan fingerprint density at radius 1 is 1.07 bits per heavy atom. The number of carbonyl (C=O) groups is 1. The minimum Gasteiger partial charge on any atom is -0.399 e. The Balaban J connectivity index is 1.76. The molecule has 3 N–H and O–H groups in total. The zero-order valence-electron chi connectivity index (χ0n) is 15.5. The van der Waals surface area contributed by atoms with Gasteiger partial charge in [-0.3, -0.25) is 19.0 Å². The van der Waals surface area contributed by atoms with Crippen molar-refractivity contribution < 1.29 is 4.79 Å². The molecule has 29 heavy (non-hydrogen) atoms. The highest BCUT2D eigenvalue weighted by Crippen LogP contribution is 2.18. The van der Waals surface area contributed by atoms with E-state index in [1.54, 1.807) is 48.7 Å². The Bertz CT molecular complexity index is 1340. The van der Waals surface area contributed by atoms with Gasteiger partial charge >= 0.3 is 0 Å². The van der Waals surface area contributed by atoms with Crippen molar-refractivity contribution in [3.05, 3.63) is 98.8 Å². The highest BCUT2D eigenvalue weighted by Gasteiger charge is 2.14. The maximum atomic E-state index is 13.2. The van der Waals surface area contributed by atoms with Crippen molar-refractivity contribution in [1.82, 2.24) is 14.5 Å². The number of nitrogens with two attached hydrogens (primary N) is 1. The summed E-state index contributed by atoms with van der Waals surface area (Å²) in [6.45, 7) is 0. The zero-order chi connectivity index (χ0) is 20.4. The van der Waals surface area contributed by atoms with E-state index in [1.807, 2.05) is 6.07 Å². The van der Waals surface area contributed by atoms with Gasteiger partial charge in [0, 0.05) is 47.1 Å². The van der Waals surface area contributed by atoms with Crippen molar-refractivity contribution >= 4 is 22.5 Å². The van der Waals surface area contributed by atoms with Gasteiger partial charge in [-0.05, 0) is 48.9 Å². The van der Waals surface area contributed by atoms with E-state index in [9.17, 15) is 14.4 Å². The minimum atomic E-state index is -0.336. The summed E-state index contributed by atoms with van der Waals surface area (Å²) in [4.78, 5) is 43.9. The Hall–Kier alpha value is -4.00. The summed E-state index contributed by atoms with van der Waals surface area (Å²) in [6.07, 6.45) is 3.42. The Kier molecular flexibility index (Phi) is 4.78. The topological polar surface area (TPSA) is 111 Å². The standard InChI is InChI=1S/C22H18N4O3/c23-17-4-1-5-18(13-17)26-21-15(3-2-9-25-21)11-16(22(26)29)6-7-19(27)14-8-10-24-20(28)12-14/h1-5,8-13H,6-7,23H2,(H,24,28). The predicted octanol–water partition coefficient (Wildman–Crippen LogP) is 2.47. The number of carbonyl (C=O) groups excluding carboxylic acids is 1. The third-order valence-corrected chi connectivity index (χ3v) is 4.68. The molecule has 0 saturated heterocycles. The van der Waals surface area contributed by atoms with Crippen molar-refractivity contribution in [2.75, 3.05) is 5.73 Å². The van der Waals surface area contributed by atoms with Gasteiger partial charge in [-0.25, -0.2) is 4.98 Å². The molecule has 0 radical (unpaired) electrons. The molecule has 0 bridgehead atoms. The van der Waals surface area contributed by atoms with Gasteiger partial charge in [0.2, 0.25) is 5.56 Å². The van der Waals surface area contributed by atoms with Crippen LogP contribution < -0.4 is 16.9 Å². The van der Waals surface area contributed by atoms with E-state index in [2.05, 4.69) is 9.97 Å². The normalized spacial score (nSPS) is 10.9. The molecule has 1 aromatic carbocycles. The number of aromatic amines is 1. The number of nitrogens with zero attached hydrogens (tertiary/aromatic N) is 2. The second-order valence-corrected chi connectivity index (χ2v) is 6.69. The second-order valence-electron chi connectivity index (χ2n) is 6.69. The quantitative estimate of drug-likeness (QED) is 0.404. The molecule has 7 nitrogen and oxygen atoms in total. The first-order valence-corrected chi connectivity index (χ1v) is 9.10. The monoisotopic (exact) mass is 386 g/mol. The molecule has 0 fully saturated rings. The summed E-state index contributed by atoms with van der Waals surface area (Å²) < 4.78 is 1.51. The third-order valence-electron chi connectivity index (χ3n) is 4.68. The molecular weight excluding hydrogens is 368 g/mol. The van der Waals surface area contributed by atoms with E-state index in [1.165, 1.54) is 16.8 Å². The average molecular weight is 386 g/mol. The fourth-order valence-corrected chi connectivity index (χ4v) is 3.29. The molecule has 3 aromatic heterocycles. The van der Waals surface area contributed by atoms with Crippen molar-refractivity contribution in [3.63, 3.8) is 0 Å². The molecule has 0 saturated carbocycles. The number of Topliss-reactive ketones (excluding diaryl/α,β-unsaturated/α-hetero) is 1. The van der Waals surface area contributed by atoms with Gasteiger partial charge in [0.15, 0.2) is 5.78 Å². The first kappa shape index (κ1) is 18.4. The van der Waals surface area contributed by atoms with Crippen LogP contribution in [0.4, 0.5) is 5.69 Å². The first-order valence-electron chi connectivity index (χ1n) is 9.10. The number of pyridine rings is 3. The maximum Gasteiger partial charge on any atom is 0.260 e. The molecule has 7 heteroatoms. The molecule has 4 aromatic rings. The Morgan fingerprint density at radius 3 is 2.72 bits per heavy atom. The molecule has 0 spiro atoms. The van der Waals surface area contributed by atoms with Crippen molar-refractivity contribution in [3.8, 4) is 5.69 Å². The number of rotatable bonds is 5. The summed E-state index contributed by atoms with van der Waals surface area (Å²) >= 11 is 0. The number of benzene rings is 1. The number of anilines is 1. The third kappa shape index (κ3) is 3.70. The predicted molar refractivity (Wildman–Crippen MR) is 111 cm³/mol. The smallest absolute Gasteiger partial charge is 0.260 e. The second kappa shape index (κ2) is 7.55. The van der Waals surface area contributed by atoms with Gasteiger partial charge in [0.1, 0.15) is 5.65 Å². The largest absolute Gasteiger partial charge is 0.399 e. The van der Waals surface area contributed by atoms with E-state index in [4.69, 9.17) is 5.73 Å². The Morgan fingerprint density at radius 2 is 1.93 bits per heavy atom. The molecular formula is C22H18N4O3. The summed E-state index contributed by atoms with van der Waals surface area (Å²) in [5.74, 6) is -0.197. The fraction of sp³-hybridized carbons (Fsp3) is 0.0909. The number of hydrogen-bond acceptors (Lipinski definition) is 5. The minimum absolute atomic E-state index is 0.112. The fourth-order valence-electron chi connectivity index (χ4n) is 3.29. The highest BCUT2D eigenvalue weighted by atomic mass is 16.1. The van der Waals surface area contributed by atoms with Crippen LogP contribution in [0.5, 0.6) is 0 Å². The van der Waals surface area contributed by atoms with Crippen molar-refractivity contribution in [1.29, 1.82) is 0 Å². The average Bonchev–Trinajstić information content (AvgIpc) is 2.72. The van der Waals surface area contributed by atoms with E-state index in [0.717, 1.165) is 5.39 Å². The molecule has 3 heterocycles. The summed E-state index contributed by atoms with van der Waals surface area (Å²) in [6, 6.07) is 15.3. The molecule has 4 rings (SSSR count). The van der Waals surface area contributed by atoms with Gasteiger partial charge in [-0.2, -0.15) is 0 Å². The molecule has 0 aliphatic carbocycles. The Labute approximate surface area is 165 Å². The van der Waals surface area contributed by atoms with Crippen LogP contribution in [0.15, 0.2) is 76.6 Å². The summed E-state index contributed by atoms with van der Waals surface area (Å²) in [5.41, 5.74) is 7.80. The van der Waals surface area contributed by atoms with Crippen molar-refractivity contribution in [2.24, 2.45) is 0 Å². The summed E-state index contributed by atoms with van der Waals surface area (Å²) in [7, 11) is 0. The summed E-state index contributed by atoms with van der Waals surface area (Å²) in [5, 5.41) is 0.785. The number of aryl methyl sites for hydroxylation is 1. The number of nitrogens with one attached hydrogen (secondary N) is 1. The molecule has 144 valence electrons. The lowest BCUT2D eigenvalue weighted by atomic mass is 10.0. The number of hydrogen-bond donors (Lipinski definition) is 2. The maximum absolute atomic E-state index is 13.2. The van der Waals surface area contributed by atoms with Crippen LogP contribution in [0.1, 0.15) is 22.3 Å². The first-order chi connectivity index (χ1) is 14.0. The lowest BCUT2D eigenvalue weighted by molar-refractivity contribution is 0.0982. The van der Waals surface area contributed by atoms with Gasteiger partial charge < -0.3 is 10.7 Å². The number of H-pyrrole nitrogens is 1. The molecule has 0 aliphatic heterocycles. The van der Waals surface area contributed by atoms with Gasteiger partial charge in [0.05, 0.1) is 5.69 Å². The zero-order valence-corrected chi connectivity index (χ0v) is 15.5. The highest BCUT2D eigenvalue weighted by molar-refractivity contribution is 5.96. The van der Waals surface area contributed by atoms with Crippen LogP contribution in [0, 0.1) is 0 Å². The number of aromatic nitrogens is 3.